The Labute approximate surface area is 174 Å². The Kier molecular flexibility index (Phi) is 4.59. The summed E-state index contributed by atoms with van der Waals surface area (Å²) in [7, 11) is 0. The number of nitrogens with zero attached hydrogens (tertiary/aromatic N) is 1. The van der Waals surface area contributed by atoms with Crippen molar-refractivity contribution in [2.45, 2.75) is 12.3 Å². The number of aromatic nitrogens is 1. The maximum atomic E-state index is 13.5. The van der Waals surface area contributed by atoms with E-state index in [0.717, 1.165) is 5.56 Å². The first-order valence-electron chi connectivity index (χ1n) is 9.32. The predicted octanol–water partition coefficient (Wildman–Crippen LogP) is 3.78. The quantitative estimate of drug-likeness (QED) is 0.667. The zero-order valence-corrected chi connectivity index (χ0v) is 16.4. The molecule has 7 nitrogen and oxygen atoms in total. The van der Waals surface area contributed by atoms with Crippen molar-refractivity contribution in [2.24, 2.45) is 0 Å². The van der Waals surface area contributed by atoms with Gasteiger partial charge in [0.1, 0.15) is 19.0 Å². The van der Waals surface area contributed by atoms with Gasteiger partial charge in [0.05, 0.1) is 11.6 Å². The first-order valence-corrected chi connectivity index (χ1v) is 10.2. The Morgan fingerprint density at radius 2 is 2.00 bits per heavy atom. The molecule has 1 aromatic heterocycles. The molecule has 0 spiro atoms. The lowest BCUT2D eigenvalue weighted by molar-refractivity contribution is -0.123. The molecule has 9 heteroatoms. The van der Waals surface area contributed by atoms with Crippen molar-refractivity contribution < 1.29 is 23.5 Å². The highest BCUT2D eigenvalue weighted by Crippen LogP contribution is 2.36. The van der Waals surface area contributed by atoms with Crippen LogP contribution >= 0.6 is 11.3 Å². The molecule has 0 bridgehead atoms. The van der Waals surface area contributed by atoms with Crippen molar-refractivity contribution in [1.29, 1.82) is 0 Å². The largest absolute Gasteiger partial charge is 0.486 e. The molecule has 30 heavy (non-hydrogen) atoms. The second kappa shape index (κ2) is 7.42. The van der Waals surface area contributed by atoms with Crippen molar-refractivity contribution in [3.63, 3.8) is 0 Å². The summed E-state index contributed by atoms with van der Waals surface area (Å²) in [5.74, 6) is -0.519. The molecule has 0 aliphatic carbocycles. The number of carbonyl (C=O) groups is 2. The van der Waals surface area contributed by atoms with Crippen LogP contribution in [0.4, 0.5) is 15.2 Å². The van der Waals surface area contributed by atoms with E-state index in [1.54, 1.807) is 0 Å². The minimum Gasteiger partial charge on any atom is -0.486 e. The van der Waals surface area contributed by atoms with Crippen LogP contribution in [0.5, 0.6) is 11.5 Å². The maximum absolute atomic E-state index is 13.5. The Bertz CT molecular complexity index is 1160. The van der Waals surface area contributed by atoms with Crippen LogP contribution in [-0.4, -0.2) is 30.0 Å². The smallest absolute Gasteiger partial charge is 0.234 e. The van der Waals surface area contributed by atoms with Gasteiger partial charge >= 0.3 is 0 Å². The summed E-state index contributed by atoms with van der Waals surface area (Å²) < 4.78 is 24.6. The van der Waals surface area contributed by atoms with Gasteiger partial charge in [0, 0.05) is 23.1 Å². The maximum Gasteiger partial charge on any atom is 0.234 e. The van der Waals surface area contributed by atoms with E-state index in [9.17, 15) is 14.0 Å². The standard InChI is InChI=1S/C21H16FN3O4S/c22-12-2-3-13-14(9-19(26)23-15(13)8-12)20(27)25-21-24-16(10-30-21)11-1-4-17-18(7-11)29-6-5-28-17/h1-4,7-8,10,14H,5-6,9H2,(H,23,26)(H,24,25,27)/t14-/m1/s1. The summed E-state index contributed by atoms with van der Waals surface area (Å²) in [6.45, 7) is 1.02. The molecule has 0 saturated carbocycles. The van der Waals surface area contributed by atoms with Gasteiger partial charge in [0.15, 0.2) is 16.6 Å². The van der Waals surface area contributed by atoms with Crippen molar-refractivity contribution >= 4 is 34.0 Å². The van der Waals surface area contributed by atoms with Crippen LogP contribution in [0, 0.1) is 5.82 Å². The van der Waals surface area contributed by atoms with E-state index in [1.165, 1.54) is 29.5 Å². The van der Waals surface area contributed by atoms with Gasteiger partial charge in [-0.2, -0.15) is 0 Å². The molecule has 2 N–H and O–H groups in total. The first kappa shape index (κ1) is 18.6. The van der Waals surface area contributed by atoms with E-state index in [1.807, 2.05) is 23.6 Å². The van der Waals surface area contributed by atoms with Crippen LogP contribution in [0.3, 0.4) is 0 Å². The van der Waals surface area contributed by atoms with Crippen LogP contribution in [0.15, 0.2) is 41.8 Å². The average molecular weight is 425 g/mol. The molecule has 2 aliphatic heterocycles. The summed E-state index contributed by atoms with van der Waals surface area (Å²) in [5.41, 5.74) is 2.43. The number of halogens is 1. The minimum atomic E-state index is -0.712. The molecule has 5 rings (SSSR count). The summed E-state index contributed by atoms with van der Waals surface area (Å²) >= 11 is 1.28. The Morgan fingerprint density at radius 3 is 2.87 bits per heavy atom. The number of hydrogen-bond donors (Lipinski definition) is 2. The van der Waals surface area contributed by atoms with E-state index in [-0.39, 0.29) is 18.2 Å². The van der Waals surface area contributed by atoms with Crippen molar-refractivity contribution in [1.82, 2.24) is 4.98 Å². The zero-order chi connectivity index (χ0) is 20.7. The van der Waals surface area contributed by atoms with E-state index < -0.39 is 11.7 Å². The van der Waals surface area contributed by atoms with Crippen molar-refractivity contribution in [2.75, 3.05) is 23.8 Å². The van der Waals surface area contributed by atoms with Gasteiger partial charge in [0.25, 0.3) is 0 Å². The van der Waals surface area contributed by atoms with Crippen LogP contribution < -0.4 is 20.1 Å². The third-order valence-corrected chi connectivity index (χ3v) is 5.70. The van der Waals surface area contributed by atoms with Gasteiger partial charge in [-0.05, 0) is 35.9 Å². The van der Waals surface area contributed by atoms with Crippen LogP contribution in [0.2, 0.25) is 0 Å². The molecule has 152 valence electrons. The number of anilines is 2. The third-order valence-electron chi connectivity index (χ3n) is 4.94. The monoisotopic (exact) mass is 425 g/mol. The number of ether oxygens (including phenoxy) is 2. The fourth-order valence-electron chi connectivity index (χ4n) is 3.53. The van der Waals surface area contributed by atoms with E-state index in [2.05, 4.69) is 15.6 Å². The normalized spacial score (nSPS) is 17.1. The Balaban J connectivity index is 1.36. The molecule has 0 radical (unpaired) electrons. The number of fused-ring (bicyclic) bond motifs is 2. The van der Waals surface area contributed by atoms with Gasteiger partial charge in [0.2, 0.25) is 11.8 Å². The zero-order valence-electron chi connectivity index (χ0n) is 15.6. The van der Waals surface area contributed by atoms with E-state index in [4.69, 9.17) is 9.47 Å². The Morgan fingerprint density at radius 1 is 1.17 bits per heavy atom. The van der Waals surface area contributed by atoms with E-state index in [0.29, 0.717) is 46.8 Å². The first-order chi connectivity index (χ1) is 14.6. The summed E-state index contributed by atoms with van der Waals surface area (Å²) in [4.78, 5) is 29.3. The minimum absolute atomic E-state index is 0.00907. The van der Waals surface area contributed by atoms with Gasteiger partial charge in [-0.25, -0.2) is 9.37 Å². The fourth-order valence-corrected chi connectivity index (χ4v) is 4.25. The molecular weight excluding hydrogens is 409 g/mol. The molecular formula is C21H16FN3O4S. The predicted molar refractivity (Wildman–Crippen MR) is 110 cm³/mol. The second-order valence-corrected chi connectivity index (χ2v) is 7.78. The van der Waals surface area contributed by atoms with Gasteiger partial charge in [-0.15, -0.1) is 11.3 Å². The second-order valence-electron chi connectivity index (χ2n) is 6.92. The van der Waals surface area contributed by atoms with Gasteiger partial charge in [-0.3, -0.25) is 9.59 Å². The number of thiazole rings is 1. The number of carbonyl (C=O) groups excluding carboxylic acids is 2. The lowest BCUT2D eigenvalue weighted by Gasteiger charge is -2.24. The number of amides is 2. The molecule has 3 aromatic rings. The summed E-state index contributed by atoms with van der Waals surface area (Å²) in [6, 6.07) is 9.58. The number of hydrogen-bond acceptors (Lipinski definition) is 6. The summed E-state index contributed by atoms with van der Waals surface area (Å²) in [6.07, 6.45) is -0.00907. The molecule has 0 saturated heterocycles. The average Bonchev–Trinajstić information content (AvgIpc) is 3.21. The SMILES string of the molecule is O=C1C[C@@H](C(=O)Nc2nc(-c3ccc4c(c3)OCCO4)cs2)c2ccc(F)cc2N1. The lowest BCUT2D eigenvalue weighted by Crippen LogP contribution is -2.30. The fraction of sp³-hybridized carbons (Fsp3) is 0.190. The molecule has 0 fully saturated rings. The van der Waals surface area contributed by atoms with Crippen LogP contribution in [0.1, 0.15) is 17.9 Å². The highest BCUT2D eigenvalue weighted by Gasteiger charge is 2.31. The molecule has 3 heterocycles. The molecule has 2 aromatic carbocycles. The molecule has 2 amide bonds. The van der Waals surface area contributed by atoms with Crippen molar-refractivity contribution in [3.8, 4) is 22.8 Å². The van der Waals surface area contributed by atoms with Gasteiger partial charge < -0.3 is 20.1 Å². The van der Waals surface area contributed by atoms with E-state index >= 15 is 0 Å². The van der Waals surface area contributed by atoms with Crippen LogP contribution in [-0.2, 0) is 9.59 Å². The third kappa shape index (κ3) is 3.48. The number of nitrogens with one attached hydrogen (secondary N) is 2. The number of rotatable bonds is 3. The highest BCUT2D eigenvalue weighted by molar-refractivity contribution is 7.14. The number of benzene rings is 2. The highest BCUT2D eigenvalue weighted by atomic mass is 32.1. The molecule has 1 atom stereocenters. The topological polar surface area (TPSA) is 89.6 Å². The summed E-state index contributed by atoms with van der Waals surface area (Å²) in [5, 5.41) is 7.63. The molecule has 0 unspecified atom stereocenters. The van der Waals surface area contributed by atoms with Crippen molar-refractivity contribution in [3.05, 3.63) is 53.2 Å². The molecule has 2 aliphatic rings. The lowest BCUT2D eigenvalue weighted by atomic mass is 9.90. The van der Waals surface area contributed by atoms with Crippen LogP contribution in [0.25, 0.3) is 11.3 Å². The Hall–Kier alpha value is -3.46. The van der Waals surface area contributed by atoms with Gasteiger partial charge in [-0.1, -0.05) is 6.07 Å².